The molecule has 3 heterocycles. The van der Waals surface area contributed by atoms with E-state index in [4.69, 9.17) is 0 Å². The van der Waals surface area contributed by atoms with Crippen LogP contribution < -0.4 is 5.56 Å². The van der Waals surface area contributed by atoms with Crippen molar-refractivity contribution < 1.29 is 4.79 Å². The average molecular weight is 368 g/mol. The first-order valence-corrected chi connectivity index (χ1v) is 8.28. The zero-order valence-electron chi connectivity index (χ0n) is 11.5. The van der Waals surface area contributed by atoms with Gasteiger partial charge in [-0.3, -0.25) is 9.59 Å². The Morgan fingerprint density at radius 1 is 1.48 bits per heavy atom. The molecule has 1 amide bonds. The highest BCUT2D eigenvalue weighted by atomic mass is 79.9. The molecule has 0 atom stereocenters. The summed E-state index contributed by atoms with van der Waals surface area (Å²) in [7, 11) is 0. The lowest BCUT2D eigenvalue weighted by molar-refractivity contribution is 0.0463. The number of amides is 1. The molecule has 1 fully saturated rings. The van der Waals surface area contributed by atoms with Gasteiger partial charge in [0.2, 0.25) is 0 Å². The highest BCUT2D eigenvalue weighted by molar-refractivity contribution is 9.10. The SMILES string of the molecule is Cc1ccc(=O)n(CC2CN(C(=O)c3cc(Br)cs3)C2)n1. The predicted molar refractivity (Wildman–Crippen MR) is 84.6 cm³/mol. The van der Waals surface area contributed by atoms with Gasteiger partial charge in [-0.15, -0.1) is 11.3 Å². The standard InChI is InChI=1S/C14H14BrN3O2S/c1-9-2-3-13(19)18(16-9)7-10-5-17(6-10)14(20)12-4-11(15)8-21-12/h2-4,8,10H,5-7H2,1H3. The number of aromatic nitrogens is 2. The molecule has 21 heavy (non-hydrogen) atoms. The molecule has 5 nitrogen and oxygen atoms in total. The first-order valence-electron chi connectivity index (χ1n) is 6.61. The van der Waals surface area contributed by atoms with Crippen LogP contribution in [0.25, 0.3) is 0 Å². The van der Waals surface area contributed by atoms with E-state index >= 15 is 0 Å². The van der Waals surface area contributed by atoms with Crippen molar-refractivity contribution in [2.24, 2.45) is 5.92 Å². The molecule has 3 rings (SSSR count). The summed E-state index contributed by atoms with van der Waals surface area (Å²) in [5.41, 5.74) is 0.734. The number of hydrogen-bond donors (Lipinski definition) is 0. The summed E-state index contributed by atoms with van der Waals surface area (Å²) < 4.78 is 2.42. The summed E-state index contributed by atoms with van der Waals surface area (Å²) in [4.78, 5) is 26.4. The van der Waals surface area contributed by atoms with Gasteiger partial charge in [0.15, 0.2) is 0 Å². The largest absolute Gasteiger partial charge is 0.337 e. The lowest BCUT2D eigenvalue weighted by atomic mass is 10.00. The lowest BCUT2D eigenvalue weighted by Crippen LogP contribution is -2.52. The van der Waals surface area contributed by atoms with Gasteiger partial charge in [0.25, 0.3) is 11.5 Å². The molecule has 1 aliphatic rings. The molecule has 0 N–H and O–H groups in total. The number of carbonyl (C=O) groups excluding carboxylic acids is 1. The van der Waals surface area contributed by atoms with E-state index in [-0.39, 0.29) is 11.5 Å². The topological polar surface area (TPSA) is 55.2 Å². The fourth-order valence-electron chi connectivity index (χ4n) is 2.36. The molecular formula is C14H14BrN3O2S. The van der Waals surface area contributed by atoms with E-state index in [1.165, 1.54) is 22.1 Å². The van der Waals surface area contributed by atoms with Crippen LogP contribution in [-0.4, -0.2) is 33.7 Å². The second-order valence-electron chi connectivity index (χ2n) is 5.20. The van der Waals surface area contributed by atoms with E-state index < -0.39 is 0 Å². The Balaban J connectivity index is 1.60. The van der Waals surface area contributed by atoms with Crippen LogP contribution >= 0.6 is 27.3 Å². The minimum Gasteiger partial charge on any atom is -0.337 e. The number of rotatable bonds is 3. The Labute approximate surface area is 134 Å². The number of halogens is 1. The van der Waals surface area contributed by atoms with E-state index in [1.807, 2.05) is 23.3 Å². The van der Waals surface area contributed by atoms with Gasteiger partial charge in [-0.1, -0.05) is 0 Å². The molecule has 2 aromatic rings. The van der Waals surface area contributed by atoms with Crippen LogP contribution in [0, 0.1) is 12.8 Å². The van der Waals surface area contributed by atoms with Gasteiger partial charge in [0, 0.05) is 34.9 Å². The van der Waals surface area contributed by atoms with E-state index in [9.17, 15) is 9.59 Å². The summed E-state index contributed by atoms with van der Waals surface area (Å²) in [6.07, 6.45) is 0. The summed E-state index contributed by atoms with van der Waals surface area (Å²) in [5, 5.41) is 6.13. The lowest BCUT2D eigenvalue weighted by Gasteiger charge is -2.39. The molecule has 1 aliphatic heterocycles. The zero-order valence-corrected chi connectivity index (χ0v) is 13.9. The maximum atomic E-state index is 12.2. The minimum absolute atomic E-state index is 0.0616. The Bertz CT molecular complexity index is 734. The summed E-state index contributed by atoms with van der Waals surface area (Å²) in [6.45, 7) is 3.78. The van der Waals surface area contributed by atoms with Crippen molar-refractivity contribution in [2.45, 2.75) is 13.5 Å². The number of thiophene rings is 1. The van der Waals surface area contributed by atoms with Crippen LogP contribution in [0.1, 0.15) is 15.4 Å². The van der Waals surface area contributed by atoms with Crippen LogP contribution in [0.4, 0.5) is 0 Å². The van der Waals surface area contributed by atoms with Gasteiger partial charge in [0.1, 0.15) is 0 Å². The first kappa shape index (κ1) is 14.5. The van der Waals surface area contributed by atoms with Crippen molar-refractivity contribution in [3.63, 3.8) is 0 Å². The smallest absolute Gasteiger partial charge is 0.266 e. The monoisotopic (exact) mass is 367 g/mol. The minimum atomic E-state index is -0.0902. The fraction of sp³-hybridized carbons (Fsp3) is 0.357. The summed E-state index contributed by atoms with van der Waals surface area (Å²) >= 11 is 4.79. The van der Waals surface area contributed by atoms with Crippen molar-refractivity contribution in [1.29, 1.82) is 0 Å². The molecule has 7 heteroatoms. The number of aryl methyl sites for hydroxylation is 1. The molecule has 0 spiro atoms. The van der Waals surface area contributed by atoms with Gasteiger partial charge in [-0.2, -0.15) is 5.10 Å². The second kappa shape index (κ2) is 5.73. The van der Waals surface area contributed by atoms with Crippen molar-refractivity contribution >= 4 is 33.2 Å². The number of hydrogen-bond acceptors (Lipinski definition) is 4. The molecule has 0 bridgehead atoms. The normalized spacial score (nSPS) is 15.0. The van der Waals surface area contributed by atoms with Crippen LogP contribution in [0.3, 0.4) is 0 Å². The third-order valence-corrected chi connectivity index (χ3v) is 5.13. The Morgan fingerprint density at radius 2 is 2.24 bits per heavy atom. The Morgan fingerprint density at radius 3 is 2.90 bits per heavy atom. The molecule has 0 radical (unpaired) electrons. The van der Waals surface area contributed by atoms with Crippen molar-refractivity contribution in [2.75, 3.05) is 13.1 Å². The molecule has 0 aromatic carbocycles. The maximum Gasteiger partial charge on any atom is 0.266 e. The van der Waals surface area contributed by atoms with Crippen LogP contribution in [0.5, 0.6) is 0 Å². The maximum absolute atomic E-state index is 12.2. The van der Waals surface area contributed by atoms with E-state index in [0.717, 1.165) is 15.0 Å². The second-order valence-corrected chi connectivity index (χ2v) is 7.03. The van der Waals surface area contributed by atoms with E-state index in [0.29, 0.717) is 25.6 Å². The number of nitrogens with zero attached hydrogens (tertiary/aromatic N) is 3. The van der Waals surface area contributed by atoms with Crippen molar-refractivity contribution in [3.8, 4) is 0 Å². The molecule has 2 aromatic heterocycles. The Hall–Kier alpha value is -1.47. The molecule has 1 saturated heterocycles. The summed E-state index contributed by atoms with van der Waals surface area (Å²) in [6, 6.07) is 5.09. The number of carbonyl (C=O) groups is 1. The van der Waals surface area contributed by atoms with Crippen LogP contribution in [0.15, 0.2) is 32.8 Å². The van der Waals surface area contributed by atoms with E-state index in [1.54, 1.807) is 6.07 Å². The van der Waals surface area contributed by atoms with Crippen molar-refractivity contribution in [1.82, 2.24) is 14.7 Å². The molecule has 110 valence electrons. The van der Waals surface area contributed by atoms with Gasteiger partial charge in [-0.05, 0) is 35.0 Å². The van der Waals surface area contributed by atoms with Crippen LogP contribution in [0.2, 0.25) is 0 Å². The molecule has 0 unspecified atom stereocenters. The van der Waals surface area contributed by atoms with Gasteiger partial charge >= 0.3 is 0 Å². The first-order chi connectivity index (χ1) is 10.0. The third kappa shape index (κ3) is 3.08. The average Bonchev–Trinajstić information content (AvgIpc) is 2.83. The van der Waals surface area contributed by atoms with Gasteiger partial charge in [0.05, 0.1) is 17.1 Å². The predicted octanol–water partition coefficient (Wildman–Crippen LogP) is 2.15. The van der Waals surface area contributed by atoms with Crippen molar-refractivity contribution in [3.05, 3.63) is 49.0 Å². The van der Waals surface area contributed by atoms with Crippen LogP contribution in [-0.2, 0) is 6.54 Å². The highest BCUT2D eigenvalue weighted by Crippen LogP contribution is 2.25. The van der Waals surface area contributed by atoms with Gasteiger partial charge in [-0.25, -0.2) is 4.68 Å². The summed E-state index contributed by atoms with van der Waals surface area (Å²) in [5.74, 6) is 0.357. The third-order valence-electron chi connectivity index (χ3n) is 3.45. The van der Waals surface area contributed by atoms with E-state index in [2.05, 4.69) is 21.0 Å². The Kier molecular flexibility index (Phi) is 3.95. The van der Waals surface area contributed by atoms with Gasteiger partial charge < -0.3 is 4.90 Å². The molecular weight excluding hydrogens is 354 g/mol. The molecule has 0 aliphatic carbocycles. The highest BCUT2D eigenvalue weighted by Gasteiger charge is 2.32. The quantitative estimate of drug-likeness (QED) is 0.834. The number of likely N-dealkylation sites (tertiary alicyclic amines) is 1. The fourth-order valence-corrected chi connectivity index (χ4v) is 3.75. The molecule has 0 saturated carbocycles. The zero-order chi connectivity index (χ0) is 15.0.